The second-order valence-corrected chi connectivity index (χ2v) is 11.1. The number of sulfonamides is 1. The van der Waals surface area contributed by atoms with Crippen LogP contribution < -0.4 is 0 Å². The number of hydrogen-bond acceptors (Lipinski definition) is 4. The van der Waals surface area contributed by atoms with E-state index in [1.807, 2.05) is 6.92 Å². The zero-order valence-corrected chi connectivity index (χ0v) is 16.9. The van der Waals surface area contributed by atoms with Crippen molar-refractivity contribution in [2.75, 3.05) is 18.6 Å². The summed E-state index contributed by atoms with van der Waals surface area (Å²) in [5.74, 6) is -0.645. The van der Waals surface area contributed by atoms with Crippen LogP contribution in [0.1, 0.15) is 22.6 Å². The maximum absolute atomic E-state index is 12.9. The molecule has 26 heavy (non-hydrogen) atoms. The molecule has 140 valence electrons. The van der Waals surface area contributed by atoms with Gasteiger partial charge in [-0.25, -0.2) is 16.8 Å². The van der Waals surface area contributed by atoms with Crippen LogP contribution in [-0.2, 0) is 26.4 Å². The number of rotatable bonds is 4. The van der Waals surface area contributed by atoms with Crippen LogP contribution in [0, 0.1) is 6.92 Å². The number of fused-ring (bicyclic) bond motifs is 1. The third kappa shape index (κ3) is 4.11. The van der Waals surface area contributed by atoms with Gasteiger partial charge >= 0.3 is 0 Å². The zero-order valence-electron chi connectivity index (χ0n) is 14.5. The largest absolute Gasteiger partial charge is 0.224 e. The topological polar surface area (TPSA) is 71.5 Å². The molecule has 0 aromatic heterocycles. The molecule has 0 radical (unpaired) electrons. The van der Waals surface area contributed by atoms with E-state index in [0.29, 0.717) is 5.02 Å². The number of aryl methyl sites for hydroxylation is 1. The molecule has 0 saturated carbocycles. The molecular weight excluding hydrogens is 394 g/mol. The van der Waals surface area contributed by atoms with Gasteiger partial charge in [0.25, 0.3) is 0 Å². The molecule has 0 bridgehead atoms. The Labute approximate surface area is 159 Å². The molecule has 1 unspecified atom stereocenters. The van der Waals surface area contributed by atoms with Crippen LogP contribution >= 0.6 is 11.6 Å². The molecule has 0 N–H and O–H groups in total. The Kier molecular flexibility index (Phi) is 5.18. The zero-order chi connectivity index (χ0) is 19.1. The van der Waals surface area contributed by atoms with Gasteiger partial charge in [0, 0.05) is 24.0 Å². The summed E-state index contributed by atoms with van der Waals surface area (Å²) in [6.45, 7) is 2.24. The third-order valence-corrected chi connectivity index (χ3v) is 7.87. The minimum Gasteiger partial charge on any atom is -0.224 e. The van der Waals surface area contributed by atoms with E-state index in [1.165, 1.54) is 4.31 Å². The van der Waals surface area contributed by atoms with Gasteiger partial charge in [-0.2, -0.15) is 4.31 Å². The standard InChI is InChI=1S/C18H20ClNO4S2/c1-13-3-7-17(8-4-13)26(23,24)12-15-11-20(25(2,21)22)10-14-5-6-16(19)9-18(14)15/h3-9,15H,10-12H2,1-2H3. The molecule has 2 aromatic carbocycles. The fourth-order valence-corrected chi connectivity index (χ4v) is 5.75. The Morgan fingerprint density at radius 2 is 1.73 bits per heavy atom. The van der Waals surface area contributed by atoms with Gasteiger partial charge < -0.3 is 0 Å². The van der Waals surface area contributed by atoms with E-state index >= 15 is 0 Å². The van der Waals surface area contributed by atoms with Crippen molar-refractivity contribution in [2.45, 2.75) is 24.3 Å². The summed E-state index contributed by atoms with van der Waals surface area (Å²) in [5.41, 5.74) is 2.56. The van der Waals surface area contributed by atoms with Crippen LogP contribution in [0.15, 0.2) is 47.4 Å². The Hall–Kier alpha value is -1.41. The van der Waals surface area contributed by atoms with Crippen molar-refractivity contribution in [1.29, 1.82) is 0 Å². The predicted octanol–water partition coefficient (Wildman–Crippen LogP) is 2.98. The second-order valence-electron chi connectivity index (χ2n) is 6.69. The minimum absolute atomic E-state index is 0.122. The molecule has 1 heterocycles. The van der Waals surface area contributed by atoms with Crippen molar-refractivity contribution in [1.82, 2.24) is 4.31 Å². The summed E-state index contributed by atoms with van der Waals surface area (Å²) in [5, 5.41) is 0.509. The Morgan fingerprint density at radius 3 is 2.35 bits per heavy atom. The number of halogens is 1. The van der Waals surface area contributed by atoms with E-state index in [-0.39, 0.29) is 23.7 Å². The average Bonchev–Trinajstić information content (AvgIpc) is 2.54. The molecule has 1 aliphatic rings. The lowest BCUT2D eigenvalue weighted by Crippen LogP contribution is -2.39. The van der Waals surface area contributed by atoms with Gasteiger partial charge in [0.2, 0.25) is 10.0 Å². The molecule has 0 saturated heterocycles. The maximum atomic E-state index is 12.9. The van der Waals surface area contributed by atoms with Crippen molar-refractivity contribution in [2.24, 2.45) is 0 Å². The number of sulfone groups is 1. The molecule has 1 atom stereocenters. The number of nitrogens with zero attached hydrogens (tertiary/aromatic N) is 1. The molecule has 0 spiro atoms. The first-order valence-electron chi connectivity index (χ1n) is 8.09. The fraction of sp³-hybridized carbons (Fsp3) is 0.333. The lowest BCUT2D eigenvalue weighted by Gasteiger charge is -2.33. The first-order valence-corrected chi connectivity index (χ1v) is 12.0. The molecule has 5 nitrogen and oxygen atoms in total. The van der Waals surface area contributed by atoms with Gasteiger partial charge in [0.15, 0.2) is 9.84 Å². The van der Waals surface area contributed by atoms with Gasteiger partial charge in [-0.15, -0.1) is 0 Å². The van der Waals surface area contributed by atoms with Crippen LogP contribution in [0.3, 0.4) is 0 Å². The summed E-state index contributed by atoms with van der Waals surface area (Å²) in [6.07, 6.45) is 1.14. The number of benzene rings is 2. The SMILES string of the molecule is Cc1ccc(S(=O)(=O)CC2CN(S(C)(=O)=O)Cc3ccc(Cl)cc32)cc1. The lowest BCUT2D eigenvalue weighted by atomic mass is 9.92. The molecule has 3 rings (SSSR count). The number of hydrogen-bond donors (Lipinski definition) is 0. The molecule has 0 aliphatic carbocycles. The Bertz CT molecular complexity index is 1030. The van der Waals surface area contributed by atoms with Gasteiger partial charge in [-0.05, 0) is 42.3 Å². The molecular formula is C18H20ClNO4S2. The van der Waals surface area contributed by atoms with Crippen LogP contribution in [0.25, 0.3) is 0 Å². The second kappa shape index (κ2) is 6.96. The van der Waals surface area contributed by atoms with Gasteiger partial charge in [-0.1, -0.05) is 35.4 Å². The van der Waals surface area contributed by atoms with E-state index in [1.54, 1.807) is 42.5 Å². The maximum Gasteiger partial charge on any atom is 0.211 e. The van der Waals surface area contributed by atoms with Crippen LogP contribution in [0.4, 0.5) is 0 Å². The van der Waals surface area contributed by atoms with Crippen molar-refractivity contribution < 1.29 is 16.8 Å². The van der Waals surface area contributed by atoms with Crippen molar-refractivity contribution >= 4 is 31.5 Å². The highest BCUT2D eigenvalue weighted by Gasteiger charge is 2.33. The molecule has 0 fully saturated rings. The van der Waals surface area contributed by atoms with Gasteiger partial charge in [0.1, 0.15) is 0 Å². The first-order chi connectivity index (χ1) is 12.1. The molecule has 2 aromatic rings. The van der Waals surface area contributed by atoms with Gasteiger partial charge in [0.05, 0.1) is 16.9 Å². The average molecular weight is 414 g/mol. The van der Waals surface area contributed by atoms with Crippen LogP contribution in [0.5, 0.6) is 0 Å². The van der Waals surface area contributed by atoms with E-state index < -0.39 is 25.8 Å². The summed E-state index contributed by atoms with van der Waals surface area (Å²) in [4.78, 5) is 0.239. The molecule has 0 amide bonds. The van der Waals surface area contributed by atoms with Crippen molar-refractivity contribution in [3.05, 3.63) is 64.2 Å². The smallest absolute Gasteiger partial charge is 0.211 e. The molecule has 8 heteroatoms. The lowest BCUT2D eigenvalue weighted by molar-refractivity contribution is 0.366. The third-order valence-electron chi connectivity index (χ3n) is 4.59. The molecule has 1 aliphatic heterocycles. The fourth-order valence-electron chi connectivity index (χ4n) is 3.19. The predicted molar refractivity (Wildman–Crippen MR) is 103 cm³/mol. The first kappa shape index (κ1) is 19.4. The van der Waals surface area contributed by atoms with Crippen molar-refractivity contribution in [3.8, 4) is 0 Å². The normalized spacial score (nSPS) is 18.5. The summed E-state index contributed by atoms with van der Waals surface area (Å²) in [6, 6.07) is 11.9. The monoisotopic (exact) mass is 413 g/mol. The van der Waals surface area contributed by atoms with Gasteiger partial charge in [-0.3, -0.25) is 0 Å². The van der Waals surface area contributed by atoms with E-state index in [2.05, 4.69) is 0 Å². The minimum atomic E-state index is -3.57. The van der Waals surface area contributed by atoms with E-state index in [9.17, 15) is 16.8 Å². The van der Waals surface area contributed by atoms with Crippen LogP contribution in [0.2, 0.25) is 5.02 Å². The van der Waals surface area contributed by atoms with Crippen LogP contribution in [-0.4, -0.2) is 39.7 Å². The van der Waals surface area contributed by atoms with E-state index in [0.717, 1.165) is 22.9 Å². The Balaban J connectivity index is 2.00. The highest BCUT2D eigenvalue weighted by Crippen LogP contribution is 2.33. The highest BCUT2D eigenvalue weighted by molar-refractivity contribution is 7.91. The summed E-state index contributed by atoms with van der Waals surface area (Å²) in [7, 11) is -7.00. The van der Waals surface area contributed by atoms with E-state index in [4.69, 9.17) is 11.6 Å². The Morgan fingerprint density at radius 1 is 1.08 bits per heavy atom. The van der Waals surface area contributed by atoms with Crippen molar-refractivity contribution in [3.63, 3.8) is 0 Å². The quantitative estimate of drug-likeness (QED) is 0.772. The summed E-state index contributed by atoms with van der Waals surface area (Å²) < 4.78 is 51.1. The highest BCUT2D eigenvalue weighted by atomic mass is 35.5. The summed E-state index contributed by atoms with van der Waals surface area (Å²) >= 11 is 6.09.